The lowest BCUT2D eigenvalue weighted by atomic mass is 10.0. The van der Waals surface area contributed by atoms with Crippen LogP contribution < -0.4 is 5.32 Å². The van der Waals surface area contributed by atoms with Gasteiger partial charge in [-0.2, -0.15) is 0 Å². The maximum absolute atomic E-state index is 6.07. The van der Waals surface area contributed by atoms with Crippen LogP contribution in [-0.2, 0) is 0 Å². The van der Waals surface area contributed by atoms with Gasteiger partial charge in [-0.15, -0.1) is 0 Å². The molecule has 1 saturated heterocycles. The molecule has 1 unspecified atom stereocenters. The van der Waals surface area contributed by atoms with Crippen molar-refractivity contribution >= 4 is 29.2 Å². The molecule has 0 spiro atoms. The molecule has 5 heteroatoms. The SMILES string of the molecule is CN/C(=C(\N=CCN1CCN(C(C)c2ccc(Cl)cc2)CC1)c1ccc(C)cc1)c1ccc(C)cc1. The maximum atomic E-state index is 6.07. The molecule has 4 rings (SSSR count). The highest BCUT2D eigenvalue weighted by atomic mass is 35.5. The first kappa shape index (κ1) is 26.2. The van der Waals surface area contributed by atoms with Crippen LogP contribution in [0.4, 0.5) is 0 Å². The highest BCUT2D eigenvalue weighted by Crippen LogP contribution is 2.27. The van der Waals surface area contributed by atoms with Gasteiger partial charge in [0.25, 0.3) is 0 Å². The molecule has 0 amide bonds. The molecule has 188 valence electrons. The Hall–Kier alpha value is -2.92. The van der Waals surface area contributed by atoms with Gasteiger partial charge in [-0.05, 0) is 44.0 Å². The van der Waals surface area contributed by atoms with Crippen molar-refractivity contribution in [3.05, 3.63) is 106 Å². The molecule has 1 heterocycles. The Morgan fingerprint density at radius 3 is 1.97 bits per heavy atom. The summed E-state index contributed by atoms with van der Waals surface area (Å²) in [6, 6.07) is 25.8. The highest BCUT2D eigenvalue weighted by Gasteiger charge is 2.21. The van der Waals surface area contributed by atoms with E-state index in [-0.39, 0.29) is 0 Å². The molecular weight excluding hydrogens is 464 g/mol. The molecule has 0 aromatic heterocycles. The van der Waals surface area contributed by atoms with Crippen molar-refractivity contribution in [2.45, 2.75) is 26.8 Å². The number of piperazine rings is 1. The lowest BCUT2D eigenvalue weighted by Gasteiger charge is -2.37. The summed E-state index contributed by atoms with van der Waals surface area (Å²) < 4.78 is 0. The van der Waals surface area contributed by atoms with E-state index in [2.05, 4.69) is 103 Å². The molecular formula is C31H37ClN4. The molecule has 1 atom stereocenters. The van der Waals surface area contributed by atoms with Gasteiger partial charge in [-0.25, -0.2) is 0 Å². The van der Waals surface area contributed by atoms with Crippen LogP contribution in [0, 0.1) is 13.8 Å². The van der Waals surface area contributed by atoms with E-state index < -0.39 is 0 Å². The molecule has 0 aliphatic carbocycles. The van der Waals surface area contributed by atoms with Gasteiger partial charge in [0, 0.05) is 62.6 Å². The standard InChI is InChI=1S/C31H37ClN4/c1-23-5-9-27(10-6-23)30(33-4)31(28-11-7-24(2)8-12-28)34-17-18-35-19-21-36(22-20-35)25(3)26-13-15-29(32)16-14-26/h5-17,25,33H,18-22H2,1-4H3/b31-30-,34-17?. The van der Waals surface area contributed by atoms with Crippen LogP contribution in [-0.4, -0.2) is 55.8 Å². The minimum absolute atomic E-state index is 0.391. The lowest BCUT2D eigenvalue weighted by Crippen LogP contribution is -2.47. The van der Waals surface area contributed by atoms with E-state index >= 15 is 0 Å². The molecule has 4 nitrogen and oxygen atoms in total. The fraction of sp³-hybridized carbons (Fsp3) is 0.323. The van der Waals surface area contributed by atoms with Gasteiger partial charge in [0.05, 0.1) is 11.4 Å². The van der Waals surface area contributed by atoms with Crippen LogP contribution in [0.2, 0.25) is 5.02 Å². The second kappa shape index (κ2) is 12.4. The molecule has 1 aliphatic rings. The smallest absolute Gasteiger partial charge is 0.0935 e. The first-order valence-corrected chi connectivity index (χ1v) is 13.1. The van der Waals surface area contributed by atoms with E-state index in [0.717, 1.165) is 60.3 Å². The van der Waals surface area contributed by atoms with E-state index in [9.17, 15) is 0 Å². The summed E-state index contributed by atoms with van der Waals surface area (Å²) in [6.07, 6.45) is 2.07. The van der Waals surface area contributed by atoms with Gasteiger partial charge in [0.2, 0.25) is 0 Å². The van der Waals surface area contributed by atoms with E-state index in [0.29, 0.717) is 6.04 Å². The second-order valence-corrected chi connectivity index (χ2v) is 10.0. The van der Waals surface area contributed by atoms with Crippen molar-refractivity contribution < 1.29 is 0 Å². The number of benzene rings is 3. The zero-order chi connectivity index (χ0) is 25.5. The van der Waals surface area contributed by atoms with Crippen molar-refractivity contribution in [3.63, 3.8) is 0 Å². The summed E-state index contributed by atoms with van der Waals surface area (Å²) in [7, 11) is 1.97. The van der Waals surface area contributed by atoms with Crippen LogP contribution in [0.3, 0.4) is 0 Å². The van der Waals surface area contributed by atoms with Gasteiger partial charge in [0.15, 0.2) is 0 Å². The number of nitrogens with one attached hydrogen (secondary N) is 1. The normalized spacial score (nSPS) is 16.7. The summed E-state index contributed by atoms with van der Waals surface area (Å²) in [5.41, 5.74) is 8.07. The fourth-order valence-electron chi connectivity index (χ4n) is 4.65. The van der Waals surface area contributed by atoms with Gasteiger partial charge in [-0.1, -0.05) is 83.4 Å². The third-order valence-corrected chi connectivity index (χ3v) is 7.27. The van der Waals surface area contributed by atoms with Crippen LogP contribution >= 0.6 is 11.6 Å². The fourth-order valence-corrected chi connectivity index (χ4v) is 4.77. The summed E-state index contributed by atoms with van der Waals surface area (Å²) >= 11 is 6.07. The largest absolute Gasteiger partial charge is 0.386 e. The Balaban J connectivity index is 1.46. The van der Waals surface area contributed by atoms with Crippen LogP contribution in [0.5, 0.6) is 0 Å². The topological polar surface area (TPSA) is 30.9 Å². The van der Waals surface area contributed by atoms with Gasteiger partial charge in [-0.3, -0.25) is 14.8 Å². The number of rotatable bonds is 8. The first-order chi connectivity index (χ1) is 17.4. The number of halogens is 1. The monoisotopic (exact) mass is 500 g/mol. The highest BCUT2D eigenvalue weighted by molar-refractivity contribution is 6.30. The molecule has 36 heavy (non-hydrogen) atoms. The first-order valence-electron chi connectivity index (χ1n) is 12.7. The molecule has 1 fully saturated rings. The van der Waals surface area contributed by atoms with Crippen molar-refractivity contribution in [1.82, 2.24) is 15.1 Å². The number of nitrogens with zero attached hydrogens (tertiary/aromatic N) is 3. The zero-order valence-electron chi connectivity index (χ0n) is 21.8. The van der Waals surface area contributed by atoms with E-state index in [1.54, 1.807) is 0 Å². The van der Waals surface area contributed by atoms with Crippen molar-refractivity contribution in [2.24, 2.45) is 4.99 Å². The average molecular weight is 501 g/mol. The Morgan fingerprint density at radius 2 is 1.42 bits per heavy atom. The van der Waals surface area contributed by atoms with Gasteiger partial charge in [0.1, 0.15) is 0 Å². The Kier molecular flexibility index (Phi) is 8.98. The van der Waals surface area contributed by atoms with Gasteiger partial charge >= 0.3 is 0 Å². The number of hydrogen-bond donors (Lipinski definition) is 1. The minimum Gasteiger partial charge on any atom is -0.386 e. The van der Waals surface area contributed by atoms with Crippen LogP contribution in [0.25, 0.3) is 11.4 Å². The number of aliphatic imine (C=N–C) groups is 1. The number of hydrogen-bond acceptors (Lipinski definition) is 4. The molecule has 0 bridgehead atoms. The van der Waals surface area contributed by atoms with Crippen molar-refractivity contribution in [1.29, 1.82) is 0 Å². The Bertz CT molecular complexity index is 1170. The molecule has 1 aliphatic heterocycles. The average Bonchev–Trinajstić information content (AvgIpc) is 2.90. The predicted molar refractivity (Wildman–Crippen MR) is 155 cm³/mol. The third-order valence-electron chi connectivity index (χ3n) is 7.02. The van der Waals surface area contributed by atoms with Crippen molar-refractivity contribution in [3.8, 4) is 0 Å². The molecule has 0 saturated carbocycles. The van der Waals surface area contributed by atoms with Gasteiger partial charge < -0.3 is 5.32 Å². The molecule has 3 aromatic carbocycles. The van der Waals surface area contributed by atoms with E-state index in [4.69, 9.17) is 16.6 Å². The summed E-state index contributed by atoms with van der Waals surface area (Å²) in [5.74, 6) is 0. The Labute approximate surface area is 221 Å². The summed E-state index contributed by atoms with van der Waals surface area (Å²) in [6.45, 7) is 11.5. The van der Waals surface area contributed by atoms with Crippen molar-refractivity contribution in [2.75, 3.05) is 39.8 Å². The zero-order valence-corrected chi connectivity index (χ0v) is 22.6. The summed E-state index contributed by atoms with van der Waals surface area (Å²) in [5, 5.41) is 4.20. The third kappa shape index (κ3) is 6.64. The number of aryl methyl sites for hydroxylation is 2. The van der Waals surface area contributed by atoms with Crippen LogP contribution in [0.1, 0.15) is 40.8 Å². The minimum atomic E-state index is 0.391. The van der Waals surface area contributed by atoms with E-state index in [1.807, 2.05) is 19.2 Å². The maximum Gasteiger partial charge on any atom is 0.0935 e. The van der Waals surface area contributed by atoms with Crippen LogP contribution in [0.15, 0.2) is 77.8 Å². The van der Waals surface area contributed by atoms with E-state index in [1.165, 1.54) is 16.7 Å². The lowest BCUT2D eigenvalue weighted by molar-refractivity contribution is 0.113. The summed E-state index contributed by atoms with van der Waals surface area (Å²) in [4.78, 5) is 10.0. The second-order valence-electron chi connectivity index (χ2n) is 9.58. The molecule has 0 radical (unpaired) electrons. The Morgan fingerprint density at radius 1 is 0.861 bits per heavy atom. The molecule has 3 aromatic rings. The predicted octanol–water partition coefficient (Wildman–Crippen LogP) is 6.45. The molecule has 1 N–H and O–H groups in total. The quantitative estimate of drug-likeness (QED) is 0.285.